The summed E-state index contributed by atoms with van der Waals surface area (Å²) in [4.78, 5) is 25.4. The molecule has 2 saturated heterocycles. The molecule has 1 aromatic rings. The Balaban J connectivity index is 1.65. The number of hydrogen-bond donors (Lipinski definition) is 5. The van der Waals surface area contributed by atoms with Crippen molar-refractivity contribution < 1.29 is 39.0 Å². The normalized spacial score (nSPS) is 39.2. The molecule has 3 heterocycles. The van der Waals surface area contributed by atoms with E-state index in [1.807, 2.05) is 0 Å². The van der Waals surface area contributed by atoms with Crippen LogP contribution in [0.25, 0.3) is 0 Å². The third kappa shape index (κ3) is 3.95. The summed E-state index contributed by atoms with van der Waals surface area (Å²) in [6.07, 6.45) is -6.94. The summed E-state index contributed by atoms with van der Waals surface area (Å²) < 4.78 is 31.0. The predicted octanol–water partition coefficient (Wildman–Crippen LogP) is -2.46. The van der Waals surface area contributed by atoms with Crippen LogP contribution in [0.15, 0.2) is 15.8 Å². The molecule has 0 saturated carbocycles. The van der Waals surface area contributed by atoms with Gasteiger partial charge in [0.15, 0.2) is 0 Å². The van der Waals surface area contributed by atoms with Crippen LogP contribution in [0.5, 0.6) is 0 Å². The lowest BCUT2D eigenvalue weighted by molar-refractivity contribution is -0.267. The van der Waals surface area contributed by atoms with Crippen LogP contribution in [0, 0.1) is 3.57 Å². The van der Waals surface area contributed by atoms with Gasteiger partial charge >= 0.3 is 5.69 Å². The topological polar surface area (TPSA) is 163 Å². The minimum Gasteiger partial charge on any atom is -0.394 e. The summed E-state index contributed by atoms with van der Waals surface area (Å²) in [7, 11) is 0. The number of alkyl halides is 1. The van der Waals surface area contributed by atoms with E-state index in [9.17, 15) is 29.3 Å². The highest BCUT2D eigenvalue weighted by Crippen LogP contribution is 2.34. The summed E-state index contributed by atoms with van der Waals surface area (Å²) in [5.41, 5.74) is -1.27. The Hall–Kier alpha value is -0.940. The quantitative estimate of drug-likeness (QED) is 0.274. The highest BCUT2D eigenvalue weighted by atomic mass is 127. The van der Waals surface area contributed by atoms with E-state index in [0.29, 0.717) is 0 Å². The predicted molar refractivity (Wildman–Crippen MR) is 92.3 cm³/mol. The molecule has 0 bridgehead atoms. The number of rotatable bonds is 5. The Morgan fingerprint density at radius 3 is 2.70 bits per heavy atom. The summed E-state index contributed by atoms with van der Waals surface area (Å²) in [6.45, 7) is -1.15. The second-order valence-corrected chi connectivity index (χ2v) is 7.43. The lowest BCUT2D eigenvalue weighted by Crippen LogP contribution is -2.46. The lowest BCUT2D eigenvalue weighted by atomic mass is 10.1. The Kier molecular flexibility index (Phi) is 6.02. The van der Waals surface area contributed by atoms with Gasteiger partial charge in [-0.1, -0.05) is 0 Å². The van der Waals surface area contributed by atoms with Crippen molar-refractivity contribution in [1.82, 2.24) is 9.55 Å². The minimum absolute atomic E-state index is 0.00334. The summed E-state index contributed by atoms with van der Waals surface area (Å²) in [6, 6.07) is 0. The second kappa shape index (κ2) is 7.82. The number of halogens is 2. The van der Waals surface area contributed by atoms with E-state index in [2.05, 4.69) is 4.98 Å². The molecule has 0 spiro atoms. The van der Waals surface area contributed by atoms with Gasteiger partial charge in [-0.15, -0.1) is 0 Å². The van der Waals surface area contributed by atoms with Crippen molar-refractivity contribution in [3.05, 3.63) is 30.6 Å². The molecular weight excluding hydrogens is 486 g/mol. The highest BCUT2D eigenvalue weighted by molar-refractivity contribution is 14.1. The van der Waals surface area contributed by atoms with Gasteiger partial charge in [-0.2, -0.15) is 0 Å². The molecule has 11 nitrogen and oxygen atoms in total. The van der Waals surface area contributed by atoms with Crippen molar-refractivity contribution in [2.75, 3.05) is 13.2 Å². The van der Waals surface area contributed by atoms with Crippen molar-refractivity contribution in [3.63, 3.8) is 0 Å². The summed E-state index contributed by atoms with van der Waals surface area (Å²) in [5.74, 6) is -3.25. The molecular formula is C14H18FIN2O9. The Bertz CT molecular complexity index is 800. The van der Waals surface area contributed by atoms with Crippen LogP contribution in [0.4, 0.5) is 4.39 Å². The van der Waals surface area contributed by atoms with Gasteiger partial charge in [0.1, 0.15) is 24.5 Å². The van der Waals surface area contributed by atoms with E-state index in [1.54, 1.807) is 22.6 Å². The largest absolute Gasteiger partial charge is 0.394 e. The molecule has 3 rings (SSSR count). The van der Waals surface area contributed by atoms with Crippen LogP contribution < -0.4 is 11.2 Å². The van der Waals surface area contributed by atoms with Crippen molar-refractivity contribution in [2.45, 2.75) is 49.2 Å². The van der Waals surface area contributed by atoms with Crippen molar-refractivity contribution >= 4 is 22.6 Å². The number of hydrogen-bond acceptors (Lipinski definition) is 9. The molecule has 1 aromatic heterocycles. The lowest BCUT2D eigenvalue weighted by Gasteiger charge is -2.24. The van der Waals surface area contributed by atoms with Gasteiger partial charge in [0.25, 0.3) is 11.4 Å². The fourth-order valence-electron chi connectivity index (χ4n) is 2.92. The van der Waals surface area contributed by atoms with E-state index in [0.717, 1.165) is 4.57 Å². The molecule has 2 aliphatic rings. The Labute approximate surface area is 164 Å². The fourth-order valence-corrected chi connectivity index (χ4v) is 3.36. The summed E-state index contributed by atoms with van der Waals surface area (Å²) >= 11 is 1.74. The van der Waals surface area contributed by atoms with Crippen molar-refractivity contribution in [1.29, 1.82) is 0 Å². The maximum absolute atomic E-state index is 14.1. The van der Waals surface area contributed by atoms with Crippen molar-refractivity contribution in [2.24, 2.45) is 0 Å². The molecule has 7 atom stereocenters. The van der Waals surface area contributed by atoms with Gasteiger partial charge in [-0.25, -0.2) is 9.18 Å². The van der Waals surface area contributed by atoms with Crippen LogP contribution in [0.3, 0.4) is 0 Å². The molecule has 0 aliphatic carbocycles. The Morgan fingerprint density at radius 1 is 1.37 bits per heavy atom. The molecule has 0 unspecified atom stereocenters. The van der Waals surface area contributed by atoms with E-state index in [4.69, 9.17) is 19.3 Å². The van der Waals surface area contributed by atoms with E-state index in [-0.39, 0.29) is 9.99 Å². The van der Waals surface area contributed by atoms with Crippen LogP contribution in [-0.4, -0.2) is 79.8 Å². The van der Waals surface area contributed by atoms with Gasteiger partial charge in [0.05, 0.1) is 22.9 Å². The average Bonchev–Trinajstić information content (AvgIpc) is 3.07. The summed E-state index contributed by atoms with van der Waals surface area (Å²) in [5, 5.41) is 38.3. The molecule has 2 aliphatic heterocycles. The van der Waals surface area contributed by atoms with E-state index < -0.39 is 67.3 Å². The maximum atomic E-state index is 14.1. The number of H-pyrrole nitrogens is 1. The highest BCUT2D eigenvalue weighted by Gasteiger charge is 2.57. The van der Waals surface area contributed by atoms with Crippen LogP contribution >= 0.6 is 22.6 Å². The number of nitrogens with one attached hydrogen (secondary N) is 1. The van der Waals surface area contributed by atoms with Crippen LogP contribution in [0.2, 0.25) is 0 Å². The van der Waals surface area contributed by atoms with Gasteiger partial charge in [-0.3, -0.25) is 14.3 Å². The second-order valence-electron chi connectivity index (χ2n) is 6.27. The third-order valence-electron chi connectivity index (χ3n) is 4.43. The van der Waals surface area contributed by atoms with Gasteiger partial charge in [0, 0.05) is 12.6 Å². The molecule has 2 fully saturated rings. The smallest absolute Gasteiger partial charge is 0.330 e. The molecule has 0 amide bonds. The van der Waals surface area contributed by atoms with Crippen molar-refractivity contribution in [3.8, 4) is 0 Å². The number of ether oxygens (including phenoxy) is 3. The molecule has 152 valence electrons. The number of aliphatic hydroxyl groups is 4. The van der Waals surface area contributed by atoms with E-state index >= 15 is 0 Å². The molecule has 27 heavy (non-hydrogen) atoms. The first-order chi connectivity index (χ1) is 12.6. The molecule has 5 N–H and O–H groups in total. The fraction of sp³-hybridized carbons (Fsp3) is 0.714. The van der Waals surface area contributed by atoms with E-state index in [1.165, 1.54) is 6.20 Å². The minimum atomic E-state index is -3.25. The zero-order valence-corrected chi connectivity index (χ0v) is 15.9. The first-order valence-corrected chi connectivity index (χ1v) is 9.04. The number of aromatic nitrogens is 2. The van der Waals surface area contributed by atoms with Crippen LogP contribution in [0.1, 0.15) is 12.6 Å². The molecule has 0 aromatic carbocycles. The van der Waals surface area contributed by atoms with Gasteiger partial charge in [-0.05, 0) is 22.6 Å². The number of aliphatic hydroxyl groups excluding tert-OH is 3. The number of aromatic amines is 1. The average molecular weight is 504 g/mol. The zero-order chi connectivity index (χ0) is 19.9. The molecule has 13 heteroatoms. The maximum Gasteiger partial charge on any atom is 0.330 e. The zero-order valence-electron chi connectivity index (χ0n) is 13.7. The standard InChI is InChI=1S/C14H18FIN2O9/c15-14(24)10(21)7(3-19)27-12(14)25-4-8-6(20)1-9(26-8)18-2-5(16)11(22)17-13(18)23/h2,6-10,12,19-21,24H,1,3-4H2,(H,17,22,23)/t6-,7+,8+,9+,10+,12+,14-/m0/s1. The SMILES string of the molecule is O=c1[nH]c(=O)n([C@H]2C[C@H](O)[C@@H](CO[C@@H]3O[C@H](CO)[C@@H](O)[C@@]3(O)F)O2)cc1I. The van der Waals surface area contributed by atoms with Gasteiger partial charge in [0.2, 0.25) is 6.29 Å². The third-order valence-corrected chi connectivity index (χ3v) is 5.19. The first kappa shape index (κ1) is 20.8. The van der Waals surface area contributed by atoms with Gasteiger partial charge < -0.3 is 34.6 Å². The monoisotopic (exact) mass is 504 g/mol. The first-order valence-electron chi connectivity index (χ1n) is 7.97. The number of nitrogens with zero attached hydrogens (tertiary/aromatic N) is 1. The Morgan fingerprint density at radius 2 is 2.07 bits per heavy atom. The van der Waals surface area contributed by atoms with Crippen LogP contribution in [-0.2, 0) is 14.2 Å². The molecule has 0 radical (unpaired) electrons.